The molecule has 0 amide bonds. The summed E-state index contributed by atoms with van der Waals surface area (Å²) >= 11 is 3.38. The minimum atomic E-state index is -0.545. The molecule has 2 aromatic carbocycles. The van der Waals surface area contributed by atoms with E-state index in [1.165, 1.54) is 11.1 Å². The Kier molecular flexibility index (Phi) is 7.09. The Balaban J connectivity index is 1.74. The van der Waals surface area contributed by atoms with E-state index in [9.17, 15) is 5.11 Å². The third-order valence-electron chi connectivity index (χ3n) is 3.80. The Labute approximate surface area is 146 Å². The van der Waals surface area contributed by atoms with Crippen LogP contribution in [0.2, 0.25) is 0 Å². The number of nitrogens with one attached hydrogen (secondary N) is 1. The highest BCUT2D eigenvalue weighted by atomic mass is 79.9. The SMILES string of the molecule is CCc1ccc(C(C)NCC(O)COc2ccc(Br)cc2)cc1. The van der Waals surface area contributed by atoms with Crippen molar-refractivity contribution >= 4 is 15.9 Å². The van der Waals surface area contributed by atoms with Gasteiger partial charge in [0.2, 0.25) is 0 Å². The predicted octanol–water partition coefficient (Wildman–Crippen LogP) is 4.10. The van der Waals surface area contributed by atoms with Crippen LogP contribution in [0, 0.1) is 0 Å². The highest BCUT2D eigenvalue weighted by molar-refractivity contribution is 9.10. The number of halogens is 1. The summed E-state index contributed by atoms with van der Waals surface area (Å²) in [6.45, 7) is 5.02. The molecule has 0 saturated carbocycles. The third-order valence-corrected chi connectivity index (χ3v) is 4.33. The molecular weight excluding hydrogens is 354 g/mol. The number of hydrogen-bond acceptors (Lipinski definition) is 3. The van der Waals surface area contributed by atoms with Gasteiger partial charge in [0.25, 0.3) is 0 Å². The van der Waals surface area contributed by atoms with Gasteiger partial charge in [-0.05, 0) is 48.7 Å². The van der Waals surface area contributed by atoms with E-state index >= 15 is 0 Å². The van der Waals surface area contributed by atoms with E-state index in [4.69, 9.17) is 4.74 Å². The number of rotatable bonds is 8. The fourth-order valence-electron chi connectivity index (χ4n) is 2.25. The molecular formula is C19H24BrNO2. The summed E-state index contributed by atoms with van der Waals surface area (Å²) in [7, 11) is 0. The molecule has 3 nitrogen and oxygen atoms in total. The molecule has 0 aliphatic heterocycles. The topological polar surface area (TPSA) is 41.5 Å². The minimum absolute atomic E-state index is 0.197. The van der Waals surface area contributed by atoms with Gasteiger partial charge in [-0.15, -0.1) is 0 Å². The van der Waals surface area contributed by atoms with Crippen molar-refractivity contribution in [3.8, 4) is 5.75 Å². The average Bonchev–Trinajstić information content (AvgIpc) is 2.59. The lowest BCUT2D eigenvalue weighted by atomic mass is 10.0. The average molecular weight is 378 g/mol. The summed E-state index contributed by atoms with van der Waals surface area (Å²) in [5, 5.41) is 13.4. The van der Waals surface area contributed by atoms with Crippen molar-refractivity contribution in [2.45, 2.75) is 32.4 Å². The molecule has 4 heteroatoms. The van der Waals surface area contributed by atoms with Gasteiger partial charge < -0.3 is 15.2 Å². The van der Waals surface area contributed by atoms with Gasteiger partial charge in [-0.2, -0.15) is 0 Å². The summed E-state index contributed by atoms with van der Waals surface area (Å²) in [5.41, 5.74) is 2.56. The number of aliphatic hydroxyl groups excluding tert-OH is 1. The number of hydrogen-bond donors (Lipinski definition) is 2. The van der Waals surface area contributed by atoms with Crippen LogP contribution in [0.1, 0.15) is 31.0 Å². The van der Waals surface area contributed by atoms with Crippen molar-refractivity contribution in [2.75, 3.05) is 13.2 Å². The summed E-state index contributed by atoms with van der Waals surface area (Å²) < 4.78 is 6.59. The normalized spacial score (nSPS) is 13.6. The number of aryl methyl sites for hydroxylation is 1. The van der Waals surface area contributed by atoms with Crippen molar-refractivity contribution in [1.82, 2.24) is 5.32 Å². The summed E-state index contributed by atoms with van der Waals surface area (Å²) in [4.78, 5) is 0. The lowest BCUT2D eigenvalue weighted by Gasteiger charge is -2.18. The maximum Gasteiger partial charge on any atom is 0.119 e. The molecule has 124 valence electrons. The monoisotopic (exact) mass is 377 g/mol. The Morgan fingerprint density at radius 3 is 2.35 bits per heavy atom. The van der Waals surface area contributed by atoms with Crippen molar-refractivity contribution in [2.24, 2.45) is 0 Å². The van der Waals surface area contributed by atoms with Gasteiger partial charge >= 0.3 is 0 Å². The molecule has 0 saturated heterocycles. The minimum Gasteiger partial charge on any atom is -0.491 e. The van der Waals surface area contributed by atoms with Crippen LogP contribution in [0.15, 0.2) is 53.0 Å². The Morgan fingerprint density at radius 1 is 1.09 bits per heavy atom. The second-order valence-corrected chi connectivity index (χ2v) is 6.56. The zero-order valence-corrected chi connectivity index (χ0v) is 15.2. The molecule has 0 aromatic heterocycles. The molecule has 23 heavy (non-hydrogen) atoms. The molecule has 2 atom stereocenters. The van der Waals surface area contributed by atoms with Crippen LogP contribution in [-0.4, -0.2) is 24.4 Å². The smallest absolute Gasteiger partial charge is 0.119 e. The lowest BCUT2D eigenvalue weighted by Crippen LogP contribution is -2.33. The molecule has 0 fully saturated rings. The first kappa shape index (κ1) is 18.0. The van der Waals surface area contributed by atoms with Crippen LogP contribution in [0.3, 0.4) is 0 Å². The number of benzene rings is 2. The van der Waals surface area contributed by atoms with Gasteiger partial charge in [-0.3, -0.25) is 0 Å². The van der Waals surface area contributed by atoms with Gasteiger partial charge in [0.1, 0.15) is 18.5 Å². The van der Waals surface area contributed by atoms with Crippen LogP contribution in [0.4, 0.5) is 0 Å². The molecule has 2 N–H and O–H groups in total. The van der Waals surface area contributed by atoms with E-state index in [1.54, 1.807) is 0 Å². The van der Waals surface area contributed by atoms with Gasteiger partial charge in [-0.1, -0.05) is 47.1 Å². The molecule has 0 heterocycles. The van der Waals surface area contributed by atoms with Crippen molar-refractivity contribution < 1.29 is 9.84 Å². The predicted molar refractivity (Wildman–Crippen MR) is 97.9 cm³/mol. The zero-order chi connectivity index (χ0) is 16.7. The highest BCUT2D eigenvalue weighted by Gasteiger charge is 2.09. The van der Waals surface area contributed by atoms with E-state index in [-0.39, 0.29) is 12.6 Å². The largest absolute Gasteiger partial charge is 0.491 e. The van der Waals surface area contributed by atoms with Gasteiger partial charge in [0.05, 0.1) is 0 Å². The lowest BCUT2D eigenvalue weighted by molar-refractivity contribution is 0.104. The first-order valence-corrected chi connectivity index (χ1v) is 8.76. The molecule has 2 rings (SSSR count). The van der Waals surface area contributed by atoms with Gasteiger partial charge in [-0.25, -0.2) is 0 Å². The molecule has 2 unspecified atom stereocenters. The molecule has 0 radical (unpaired) electrons. The fraction of sp³-hybridized carbons (Fsp3) is 0.368. The van der Waals surface area contributed by atoms with E-state index in [0.29, 0.717) is 6.54 Å². The quantitative estimate of drug-likeness (QED) is 0.727. The zero-order valence-electron chi connectivity index (χ0n) is 13.6. The fourth-order valence-corrected chi connectivity index (χ4v) is 2.52. The Hall–Kier alpha value is -1.36. The second kappa shape index (κ2) is 9.06. The van der Waals surface area contributed by atoms with E-state index < -0.39 is 6.10 Å². The maximum atomic E-state index is 10.0. The highest BCUT2D eigenvalue weighted by Crippen LogP contribution is 2.16. The number of ether oxygens (including phenoxy) is 1. The van der Waals surface area contributed by atoms with Gasteiger partial charge in [0, 0.05) is 17.1 Å². The van der Waals surface area contributed by atoms with E-state index in [0.717, 1.165) is 16.6 Å². The molecule has 0 aliphatic rings. The van der Waals surface area contributed by atoms with Crippen LogP contribution >= 0.6 is 15.9 Å². The van der Waals surface area contributed by atoms with Crippen molar-refractivity contribution in [3.05, 3.63) is 64.1 Å². The molecule has 2 aromatic rings. The molecule has 0 aliphatic carbocycles. The summed E-state index contributed by atoms with van der Waals surface area (Å²) in [5.74, 6) is 0.760. The third kappa shape index (κ3) is 5.98. The Morgan fingerprint density at radius 2 is 1.74 bits per heavy atom. The molecule has 0 bridgehead atoms. The van der Waals surface area contributed by atoms with E-state index in [1.807, 2.05) is 24.3 Å². The maximum absolute atomic E-state index is 10.0. The second-order valence-electron chi connectivity index (χ2n) is 5.64. The summed E-state index contributed by atoms with van der Waals surface area (Å²) in [6.07, 6.45) is 0.504. The Bertz CT molecular complexity index is 583. The van der Waals surface area contributed by atoms with E-state index in [2.05, 4.69) is 59.4 Å². The number of aliphatic hydroxyl groups is 1. The van der Waals surface area contributed by atoms with Crippen LogP contribution in [0.5, 0.6) is 5.75 Å². The summed E-state index contributed by atoms with van der Waals surface area (Å²) in [6, 6.07) is 16.4. The standard InChI is InChI=1S/C19H24BrNO2/c1-3-15-4-6-16(7-5-15)14(2)21-12-18(22)13-23-19-10-8-17(20)9-11-19/h4-11,14,18,21-22H,3,12-13H2,1-2H3. The van der Waals surface area contributed by atoms with Crippen LogP contribution in [-0.2, 0) is 6.42 Å². The first-order valence-electron chi connectivity index (χ1n) is 7.97. The van der Waals surface area contributed by atoms with Crippen LogP contribution in [0.25, 0.3) is 0 Å². The van der Waals surface area contributed by atoms with Crippen molar-refractivity contribution in [3.63, 3.8) is 0 Å². The van der Waals surface area contributed by atoms with Crippen LogP contribution < -0.4 is 10.1 Å². The first-order chi connectivity index (χ1) is 11.1. The molecule has 0 spiro atoms. The van der Waals surface area contributed by atoms with Crippen molar-refractivity contribution in [1.29, 1.82) is 0 Å². The van der Waals surface area contributed by atoms with Gasteiger partial charge in [0.15, 0.2) is 0 Å².